The maximum Gasteiger partial charge on any atom is 0.341 e. The van der Waals surface area contributed by atoms with Crippen LogP contribution in [-0.4, -0.2) is 35.3 Å². The molecule has 2 rings (SSSR count). The van der Waals surface area contributed by atoms with Gasteiger partial charge in [0.1, 0.15) is 0 Å². The summed E-state index contributed by atoms with van der Waals surface area (Å²) in [6.45, 7) is 5.53. The molecule has 0 fully saturated rings. The molecule has 1 aromatic heterocycles. The zero-order valence-corrected chi connectivity index (χ0v) is 12.8. The Bertz CT molecular complexity index is 587. The molecule has 0 bridgehead atoms. The largest absolute Gasteiger partial charge is 0.459 e. The SMILES string of the molecule is CNC(=O)C=C1CSc2c(C(=O)OC(C)C)c(C)cn21. The fourth-order valence-corrected chi connectivity index (χ4v) is 3.23. The topological polar surface area (TPSA) is 60.3 Å². The summed E-state index contributed by atoms with van der Waals surface area (Å²) in [6, 6.07) is 0. The quantitative estimate of drug-likeness (QED) is 0.684. The minimum absolute atomic E-state index is 0.147. The number of carbonyl (C=O) groups is 2. The van der Waals surface area contributed by atoms with Crippen LogP contribution in [0.3, 0.4) is 0 Å². The number of esters is 1. The monoisotopic (exact) mass is 294 g/mol. The Morgan fingerprint density at radius 1 is 1.50 bits per heavy atom. The van der Waals surface area contributed by atoms with E-state index in [0.29, 0.717) is 11.3 Å². The lowest BCUT2D eigenvalue weighted by Crippen LogP contribution is -2.15. The second-order valence-electron chi connectivity index (χ2n) is 4.85. The molecule has 0 aliphatic carbocycles. The average Bonchev–Trinajstić information content (AvgIpc) is 2.87. The molecule has 108 valence electrons. The Morgan fingerprint density at radius 2 is 2.20 bits per heavy atom. The van der Waals surface area contributed by atoms with E-state index in [9.17, 15) is 9.59 Å². The van der Waals surface area contributed by atoms with E-state index in [4.69, 9.17) is 4.74 Å². The number of fused-ring (bicyclic) bond motifs is 1. The van der Waals surface area contributed by atoms with E-state index in [1.165, 1.54) is 0 Å². The molecule has 1 N–H and O–H groups in total. The van der Waals surface area contributed by atoms with Gasteiger partial charge in [-0.2, -0.15) is 0 Å². The van der Waals surface area contributed by atoms with Gasteiger partial charge in [0.05, 0.1) is 16.7 Å². The van der Waals surface area contributed by atoms with E-state index in [1.807, 2.05) is 31.5 Å². The number of nitrogens with zero attached hydrogens (tertiary/aromatic N) is 1. The van der Waals surface area contributed by atoms with E-state index in [0.717, 1.165) is 16.3 Å². The van der Waals surface area contributed by atoms with E-state index < -0.39 is 0 Å². The Kier molecular flexibility index (Phi) is 4.23. The zero-order chi connectivity index (χ0) is 14.9. The molecular weight excluding hydrogens is 276 g/mol. The van der Waals surface area contributed by atoms with Crippen molar-refractivity contribution in [3.63, 3.8) is 0 Å². The predicted molar refractivity (Wildman–Crippen MR) is 78.8 cm³/mol. The number of amides is 1. The first-order chi connectivity index (χ1) is 9.43. The first-order valence-electron chi connectivity index (χ1n) is 6.42. The van der Waals surface area contributed by atoms with E-state index in [-0.39, 0.29) is 18.0 Å². The van der Waals surface area contributed by atoms with Crippen LogP contribution >= 0.6 is 11.8 Å². The number of hydrogen-bond donors (Lipinski definition) is 1. The lowest BCUT2D eigenvalue weighted by atomic mass is 10.2. The average molecular weight is 294 g/mol. The Hall–Kier alpha value is -1.69. The standard InChI is InChI=1S/C14H18N2O3S/c1-8(2)19-14(18)12-9(3)6-16-10(5-11(17)15-4)7-20-13(12)16/h5-6,8H,7H2,1-4H3,(H,15,17). The van der Waals surface area contributed by atoms with Crippen molar-refractivity contribution in [2.75, 3.05) is 12.8 Å². The van der Waals surface area contributed by atoms with Gasteiger partial charge in [0.2, 0.25) is 5.91 Å². The molecule has 20 heavy (non-hydrogen) atoms. The summed E-state index contributed by atoms with van der Waals surface area (Å²) in [5.74, 6) is 0.219. The maximum absolute atomic E-state index is 12.1. The lowest BCUT2D eigenvalue weighted by Gasteiger charge is -2.08. The van der Waals surface area contributed by atoms with Crippen LogP contribution in [0.4, 0.5) is 0 Å². The molecule has 0 aromatic carbocycles. The van der Waals surface area contributed by atoms with Gasteiger partial charge in [0, 0.05) is 30.8 Å². The van der Waals surface area contributed by atoms with E-state index in [1.54, 1.807) is 24.9 Å². The summed E-state index contributed by atoms with van der Waals surface area (Å²) in [5, 5.41) is 3.41. The third-order valence-electron chi connectivity index (χ3n) is 2.91. The van der Waals surface area contributed by atoms with Crippen LogP contribution in [0.2, 0.25) is 0 Å². The highest BCUT2D eigenvalue weighted by atomic mass is 32.2. The molecule has 0 spiro atoms. The lowest BCUT2D eigenvalue weighted by molar-refractivity contribution is -0.116. The molecular formula is C14H18N2O3S. The van der Waals surface area contributed by atoms with Gasteiger partial charge in [-0.25, -0.2) is 4.79 Å². The fourth-order valence-electron chi connectivity index (χ4n) is 2.03. The number of rotatable bonds is 3. The summed E-state index contributed by atoms with van der Waals surface area (Å²) >= 11 is 1.55. The molecule has 0 unspecified atom stereocenters. The minimum atomic E-state index is -0.306. The van der Waals surface area contributed by atoms with Gasteiger partial charge in [0.15, 0.2) is 0 Å². The van der Waals surface area contributed by atoms with Gasteiger partial charge < -0.3 is 14.6 Å². The van der Waals surface area contributed by atoms with E-state index in [2.05, 4.69) is 5.32 Å². The van der Waals surface area contributed by atoms with Crippen molar-refractivity contribution in [3.05, 3.63) is 23.4 Å². The summed E-state index contributed by atoms with van der Waals surface area (Å²) in [5.41, 5.74) is 2.33. The molecule has 6 heteroatoms. The van der Waals surface area contributed by atoms with E-state index >= 15 is 0 Å². The highest BCUT2D eigenvalue weighted by Gasteiger charge is 2.28. The van der Waals surface area contributed by atoms with Gasteiger partial charge in [-0.1, -0.05) is 0 Å². The third-order valence-corrected chi connectivity index (χ3v) is 4.02. The summed E-state index contributed by atoms with van der Waals surface area (Å²) in [4.78, 5) is 23.6. The van der Waals surface area contributed by atoms with Crippen molar-refractivity contribution >= 4 is 29.3 Å². The number of likely N-dealkylation sites (N-methyl/N-ethyl adjacent to an activating group) is 1. The Morgan fingerprint density at radius 3 is 2.80 bits per heavy atom. The maximum atomic E-state index is 12.1. The second kappa shape index (κ2) is 5.75. The van der Waals surface area contributed by atoms with Crippen molar-refractivity contribution in [2.24, 2.45) is 0 Å². The number of thioether (sulfide) groups is 1. The number of nitrogens with one attached hydrogen (secondary N) is 1. The smallest absolute Gasteiger partial charge is 0.341 e. The molecule has 1 aliphatic rings. The number of carbonyl (C=O) groups excluding carboxylic acids is 2. The molecule has 5 nitrogen and oxygen atoms in total. The second-order valence-corrected chi connectivity index (χ2v) is 5.82. The molecule has 0 saturated heterocycles. The first kappa shape index (κ1) is 14.7. The highest BCUT2D eigenvalue weighted by Crippen LogP contribution is 2.38. The number of ether oxygens (including phenoxy) is 1. The molecule has 1 aliphatic heterocycles. The highest BCUT2D eigenvalue weighted by molar-refractivity contribution is 8.00. The van der Waals surface area contributed by atoms with Gasteiger partial charge in [-0.15, -0.1) is 11.8 Å². The van der Waals surface area contributed by atoms with Gasteiger partial charge >= 0.3 is 5.97 Å². The Labute approximate surface area is 122 Å². The zero-order valence-electron chi connectivity index (χ0n) is 12.0. The van der Waals surface area contributed by atoms with Crippen molar-refractivity contribution in [1.29, 1.82) is 0 Å². The van der Waals surface area contributed by atoms with Crippen molar-refractivity contribution in [1.82, 2.24) is 9.88 Å². The van der Waals surface area contributed by atoms with Gasteiger partial charge in [-0.05, 0) is 26.3 Å². The summed E-state index contributed by atoms with van der Waals surface area (Å²) in [7, 11) is 1.59. The van der Waals surface area contributed by atoms with Crippen molar-refractivity contribution < 1.29 is 14.3 Å². The van der Waals surface area contributed by atoms with Gasteiger partial charge in [0.25, 0.3) is 0 Å². The van der Waals surface area contributed by atoms with Crippen LogP contribution in [0.15, 0.2) is 17.3 Å². The fraction of sp³-hybridized carbons (Fsp3) is 0.429. The molecule has 2 heterocycles. The molecule has 1 amide bonds. The first-order valence-corrected chi connectivity index (χ1v) is 7.41. The molecule has 0 radical (unpaired) electrons. The normalized spacial score (nSPS) is 15.6. The van der Waals surface area contributed by atoms with Crippen LogP contribution in [-0.2, 0) is 9.53 Å². The molecule has 1 aromatic rings. The summed E-state index contributed by atoms with van der Waals surface area (Å²) in [6.07, 6.45) is 3.28. The number of hydrogen-bond acceptors (Lipinski definition) is 4. The third kappa shape index (κ3) is 2.75. The molecule has 0 atom stereocenters. The minimum Gasteiger partial charge on any atom is -0.459 e. The van der Waals surface area contributed by atoms with Crippen LogP contribution in [0.1, 0.15) is 29.8 Å². The number of aromatic nitrogens is 1. The Balaban J connectivity index is 2.37. The van der Waals surface area contributed by atoms with Gasteiger partial charge in [-0.3, -0.25) is 4.79 Å². The molecule has 0 saturated carbocycles. The predicted octanol–water partition coefficient (Wildman–Crippen LogP) is 2.05. The summed E-state index contributed by atoms with van der Waals surface area (Å²) < 4.78 is 7.17. The van der Waals surface area contributed by atoms with Crippen LogP contribution in [0.5, 0.6) is 0 Å². The van der Waals surface area contributed by atoms with Crippen LogP contribution in [0.25, 0.3) is 5.70 Å². The van der Waals surface area contributed by atoms with Crippen LogP contribution in [0, 0.1) is 6.92 Å². The number of aryl methyl sites for hydroxylation is 1. The van der Waals surface area contributed by atoms with Crippen molar-refractivity contribution in [2.45, 2.75) is 31.9 Å². The van der Waals surface area contributed by atoms with Crippen LogP contribution < -0.4 is 5.32 Å². The van der Waals surface area contributed by atoms with Crippen molar-refractivity contribution in [3.8, 4) is 0 Å².